The number of nitro benzene ring substituents is 5. The average molecular weight is 2090 g/mol. The molecule has 48 heteroatoms. The zero-order valence-electron chi connectivity index (χ0n) is 81.6. The Morgan fingerprint density at radius 1 is 0.434 bits per heavy atom. The maximum atomic E-state index is 12.3. The lowest BCUT2D eigenvalue weighted by Crippen LogP contribution is -2.41. The van der Waals surface area contributed by atoms with E-state index in [0.29, 0.717) is 131 Å². The average Bonchev–Trinajstić information content (AvgIpc) is 1.60. The molecule has 11 heterocycles. The first kappa shape index (κ1) is 104. The van der Waals surface area contributed by atoms with E-state index in [0.717, 1.165) is 110 Å². The Kier molecular flexibility index (Phi) is 30.4. The lowest BCUT2D eigenvalue weighted by atomic mass is 9.77. The quantitative estimate of drug-likeness (QED) is 0.0112. The van der Waals surface area contributed by atoms with Crippen LogP contribution in [0.15, 0.2) is 114 Å². The zero-order valence-corrected chi connectivity index (χ0v) is 84.8. The lowest BCUT2D eigenvalue weighted by Gasteiger charge is -2.32. The second-order valence-electron chi connectivity index (χ2n) is 37.1. The van der Waals surface area contributed by atoms with Gasteiger partial charge in [-0.15, -0.1) is 0 Å². The summed E-state index contributed by atoms with van der Waals surface area (Å²) in [7, 11) is -0.378. The number of halogens is 2. The number of nitrogens with zero attached hydrogens (tertiary/aromatic N) is 15. The third kappa shape index (κ3) is 22.7. The molecule has 5 fully saturated rings. The van der Waals surface area contributed by atoms with Gasteiger partial charge in [0.2, 0.25) is 11.9 Å². The molecule has 143 heavy (non-hydrogen) atoms. The monoisotopic (exact) mass is 2090 g/mol. The summed E-state index contributed by atoms with van der Waals surface area (Å²) in [5.41, 5.74) is 44.6. The largest absolute Gasteiger partial charge is 0.500 e. The number of aromatic nitrogens is 12. The van der Waals surface area contributed by atoms with Gasteiger partial charge in [0.1, 0.15) is 57.1 Å². The number of alkyl halides is 1. The number of nitrogens with two attached hydrogens (primary N) is 5. The Morgan fingerprint density at radius 3 is 1.17 bits per heavy atom. The van der Waals surface area contributed by atoms with Gasteiger partial charge < -0.3 is 85.3 Å². The van der Waals surface area contributed by atoms with Crippen LogP contribution in [0.5, 0.6) is 0 Å². The molecule has 752 valence electrons. The number of anilines is 7. The Labute approximate surface area is 832 Å². The molecule has 0 radical (unpaired) electrons. The molecule has 1 amide bonds. The van der Waals surface area contributed by atoms with Crippen molar-refractivity contribution in [2.24, 2.45) is 23.7 Å². The molecule has 1 saturated heterocycles. The summed E-state index contributed by atoms with van der Waals surface area (Å²) in [6.45, 7) is 34.8. The van der Waals surface area contributed by atoms with Gasteiger partial charge in [-0.1, -0.05) is 62.8 Å². The summed E-state index contributed by atoms with van der Waals surface area (Å²) in [5.74, 6) is 7.13. The van der Waals surface area contributed by atoms with Crippen LogP contribution in [0, 0.1) is 157 Å². The van der Waals surface area contributed by atoms with Gasteiger partial charge in [0.25, 0.3) is 28.4 Å². The minimum atomic E-state index is -0.573. The van der Waals surface area contributed by atoms with Gasteiger partial charge in [-0.3, -0.25) is 69.5 Å². The van der Waals surface area contributed by atoms with E-state index in [-0.39, 0.29) is 109 Å². The molecule has 15 aromatic rings. The molecule has 6 aromatic carbocycles. The van der Waals surface area contributed by atoms with Crippen molar-refractivity contribution in [3.63, 3.8) is 0 Å². The number of nitro groups is 5. The Hall–Kier alpha value is -15.2. The molecule has 6 aliphatic rings. The maximum absolute atomic E-state index is 12.3. The predicted molar refractivity (Wildman–Crippen MR) is 545 cm³/mol. The molecule has 4 saturated carbocycles. The first-order valence-corrected chi connectivity index (χ1v) is 47.8. The number of amides is 1. The molecule has 0 bridgehead atoms. The fraction of sp³-hybridized carbons (Fsp3) is 0.389. The van der Waals surface area contributed by atoms with Gasteiger partial charge in [0, 0.05) is 99.6 Å². The molecule has 0 atom stereocenters. The van der Waals surface area contributed by atoms with Crippen LogP contribution in [0.25, 0.3) is 88.7 Å². The van der Waals surface area contributed by atoms with E-state index in [4.69, 9.17) is 65.1 Å². The zero-order chi connectivity index (χ0) is 104. The second kappa shape index (κ2) is 41.9. The number of non-ortho nitro benzene ring substituents is 2. The van der Waals surface area contributed by atoms with Gasteiger partial charge in [0.05, 0.1) is 116 Å². The van der Waals surface area contributed by atoms with Crippen LogP contribution in [0.3, 0.4) is 0 Å². The topological polar surface area (TPSA) is 655 Å². The fourth-order valence-corrected chi connectivity index (χ4v) is 17.9. The number of aromatic amines is 2. The molecule has 4 aliphatic carbocycles. The van der Waals surface area contributed by atoms with E-state index in [2.05, 4.69) is 93.0 Å². The number of nitrogens with one attached hydrogen (secondary N) is 4. The van der Waals surface area contributed by atoms with Crippen molar-refractivity contribution < 1.29 is 65.9 Å². The fourth-order valence-electron chi connectivity index (χ4n) is 16.8. The van der Waals surface area contributed by atoms with Crippen molar-refractivity contribution in [3.05, 3.63) is 223 Å². The molecule has 2 aliphatic heterocycles. The molecule has 9 aromatic heterocycles. The van der Waals surface area contributed by atoms with Crippen molar-refractivity contribution in [1.82, 2.24) is 59.6 Å². The standard InChI is InChI=1S/C18H21N5O3.C16H16N4O4.C16H18N4O2.C13H11N3O4.C11H18BNO3.C11H12N4O3.C6H6BrN3O2.C4H7Br/c1-4-19-18-20-17-14(22(18)9-12-5-6-12)7-13(8-15(17)23(24)25)16-10(2)21-26-11(16)3;1-8-14(9(2)24-18-8)11-5-12-15(13(6-11)20(22)23)17-16(21)19(12)7-10-3-4-10;1-8-14(9(2)22-19-8)11-5-12(17)15-13(6-11)20(16(21)18-15)7-10-3-4-10;1-6-12(7(2)20-15-6)8-3-9-5-11(17)14-13(9)10(4-8)16(18)19;1-7-9(8(2)14-13-7)12-15-10(3,4)11(5,6)16-12;1-5-10(6(2)18-14-5)7-3-8(12)11(13)9(4-7)15(16)17;7-3-1-4(8)6(9)5(2-3)10(11)12;5-3-4-1-2-4/h7-8,12H,4-6,9H2,1-3H3,(H,19,20);5-6,10H,3-4,7H2,1-2H3,(H,17,21);5-6,10H,3-4,7,17H2,1-2H3,(H,18,21);3-4H,5H2,1-2H3,(H,14,17);1-6H3;3-4H,12-13H2,1-2H3;1-2H,8-9H2;4H,1-3H2. The minimum absolute atomic E-state index is 0.00296. The second-order valence-corrected chi connectivity index (χ2v) is 38.6. The van der Waals surface area contributed by atoms with Crippen LogP contribution in [0.4, 0.5) is 68.5 Å². The van der Waals surface area contributed by atoms with E-state index in [1.165, 1.54) is 74.2 Å². The first-order chi connectivity index (χ1) is 67.6. The van der Waals surface area contributed by atoms with E-state index in [9.17, 15) is 65.0 Å². The summed E-state index contributed by atoms with van der Waals surface area (Å²) >= 11 is 6.45. The molecule has 21 rings (SSSR count). The number of nitrogen functional groups attached to an aromatic ring is 5. The van der Waals surface area contributed by atoms with Crippen LogP contribution in [0.1, 0.15) is 160 Å². The SMILES string of the molecule is BrCC1CC1.CCNc1nc2c([N+](=O)[O-])cc(-c3c(C)noc3C)cc2n1CC1CC1.Cc1noc(C)c1-c1cc(N)c(N)c([N+](=O)[O-])c1.Cc1noc(C)c1-c1cc(N)c2[nH]c(=O)n(CC3CC3)c2c1.Cc1noc(C)c1-c1cc([N+](=O)[O-])c2[nH]c(=O)n(CC3CC3)c2c1.Cc1noc(C)c1-c1cc2c(c([N+](=O)[O-])c1)NC(=O)C2.Cc1noc(C)c1B1OC(C)(C)C(C)(C)O1.Nc1cc(Br)cc([N+](=O)[O-])c1N. The highest BCUT2D eigenvalue weighted by Gasteiger charge is 2.53. The van der Waals surface area contributed by atoms with E-state index in [1.54, 1.807) is 74.9 Å². The molecule has 0 unspecified atom stereocenters. The number of carbonyl (C=O) groups excluding carboxylic acids is 1. The smallest absolute Gasteiger partial charge is 0.399 e. The molecular formula is C95H109BBr2N24O21. The van der Waals surface area contributed by atoms with E-state index < -0.39 is 19.7 Å². The number of benzene rings is 6. The van der Waals surface area contributed by atoms with Crippen LogP contribution in [-0.4, -0.2) is 120 Å². The van der Waals surface area contributed by atoms with Crippen LogP contribution >= 0.6 is 31.9 Å². The molecular weight excluding hydrogens is 1980 g/mol. The van der Waals surface area contributed by atoms with Crippen molar-refractivity contribution in [3.8, 4) is 55.6 Å². The van der Waals surface area contributed by atoms with Crippen LogP contribution in [-0.2, 0) is 40.2 Å². The Morgan fingerprint density at radius 2 is 0.783 bits per heavy atom. The number of hydrogen-bond donors (Lipinski definition) is 9. The number of imidazole rings is 3. The van der Waals surface area contributed by atoms with Crippen LogP contribution < -0.4 is 56.1 Å². The summed E-state index contributed by atoms with van der Waals surface area (Å²) in [4.78, 5) is 99.2. The number of H-pyrrole nitrogens is 2. The van der Waals surface area contributed by atoms with E-state index >= 15 is 0 Å². The summed E-state index contributed by atoms with van der Waals surface area (Å²) in [6, 6.07) is 19.7. The van der Waals surface area contributed by atoms with E-state index in [1.807, 2.05) is 94.4 Å². The molecule has 0 spiro atoms. The first-order valence-electron chi connectivity index (χ1n) is 45.9. The van der Waals surface area contributed by atoms with Crippen LogP contribution in [0.2, 0.25) is 0 Å². The third-order valence-electron chi connectivity index (χ3n) is 25.6. The number of fused-ring (bicyclic) bond motifs is 4. The molecule has 45 nitrogen and oxygen atoms in total. The number of aryl methyl sites for hydroxylation is 12. The van der Waals surface area contributed by atoms with Gasteiger partial charge in [-0.2, -0.15) is 0 Å². The minimum Gasteiger partial charge on any atom is -0.399 e. The number of rotatable bonds is 20. The highest BCUT2D eigenvalue weighted by molar-refractivity contribution is 9.10. The Balaban J connectivity index is 0.000000132. The third-order valence-corrected chi connectivity index (χ3v) is 27.0. The Bertz CT molecular complexity index is 7470. The highest BCUT2D eigenvalue weighted by Crippen LogP contribution is 2.46. The number of hydrogen-bond acceptors (Lipinski definition) is 34. The lowest BCUT2D eigenvalue weighted by molar-refractivity contribution is -0.384. The highest BCUT2D eigenvalue weighted by atomic mass is 79.9. The van der Waals surface area contributed by atoms with Gasteiger partial charge in [-0.25, -0.2) is 14.6 Å². The summed E-state index contributed by atoms with van der Waals surface area (Å²) < 4.78 is 48.8. The van der Waals surface area contributed by atoms with Gasteiger partial charge in [0.15, 0.2) is 5.52 Å². The van der Waals surface area contributed by atoms with Gasteiger partial charge in [-0.05, 0) is 269 Å². The van der Waals surface area contributed by atoms with Crippen molar-refractivity contribution in [2.45, 2.75) is 206 Å². The van der Waals surface area contributed by atoms with Gasteiger partial charge >= 0.3 is 18.5 Å². The van der Waals surface area contributed by atoms with Crippen molar-refractivity contribution >= 4 is 152 Å². The maximum Gasteiger partial charge on any atom is 0.500 e. The normalized spacial score (nSPS) is 14.6. The summed E-state index contributed by atoms with van der Waals surface area (Å²) in [6.07, 6.45) is 10.0. The van der Waals surface area contributed by atoms with Crippen molar-refractivity contribution in [2.75, 3.05) is 51.2 Å². The van der Waals surface area contributed by atoms with Crippen molar-refractivity contribution in [1.29, 1.82) is 0 Å². The predicted octanol–water partition coefficient (Wildman–Crippen LogP) is 18.9. The summed E-state index contributed by atoms with van der Waals surface area (Å²) in [5, 5.41) is 86.1. The number of carbonyl (C=O) groups is 1. The molecule has 14 N–H and O–H groups in total.